The summed E-state index contributed by atoms with van der Waals surface area (Å²) < 4.78 is 0. The molecule has 0 spiro atoms. The Morgan fingerprint density at radius 3 is 1.26 bits per heavy atom. The minimum atomic E-state index is -0.908. The Balaban J connectivity index is -0.0000000786. The van der Waals surface area contributed by atoms with E-state index >= 15 is 0 Å². The number of hydrogen-bond acceptors (Lipinski definition) is 0. The Morgan fingerprint density at radius 1 is 0.735 bits per heavy atom. The normalized spacial score (nSPS) is 10.7. The number of allylic oxidation sites excluding steroid dienone is 2. The molecule has 0 amide bonds. The summed E-state index contributed by atoms with van der Waals surface area (Å²) in [6.45, 7) is 36.4. The first kappa shape index (κ1) is 49.1. The molecule has 0 rings (SSSR count). The summed E-state index contributed by atoms with van der Waals surface area (Å²) in [6.07, 6.45) is 5.86. The van der Waals surface area contributed by atoms with Crippen molar-refractivity contribution in [1.29, 1.82) is 0 Å². The third-order valence-electron chi connectivity index (χ3n) is 4.88. The van der Waals surface area contributed by atoms with Gasteiger partial charge in [0.2, 0.25) is 0 Å². The van der Waals surface area contributed by atoms with Crippen LogP contribution in [0, 0.1) is 7.43 Å². The van der Waals surface area contributed by atoms with Crippen LogP contribution in [0.1, 0.15) is 41.0 Å². The molecular formula is C27H66Al2ClLiSi3. The molecule has 0 saturated carbocycles. The molecule has 34 heavy (non-hydrogen) atoms. The molecule has 0 saturated heterocycles. The Labute approximate surface area is 248 Å². The van der Waals surface area contributed by atoms with Gasteiger partial charge in [-0.15, -0.1) is 18.4 Å². The topological polar surface area (TPSA) is 0 Å². The van der Waals surface area contributed by atoms with Gasteiger partial charge in [0.05, 0.1) is 8.07 Å². The van der Waals surface area contributed by atoms with Gasteiger partial charge >= 0.3 is 32.1 Å². The van der Waals surface area contributed by atoms with Gasteiger partial charge in [-0.05, 0) is 6.04 Å². The Hall–Kier alpha value is 2.08. The molecule has 0 unspecified atom stereocenters. The second kappa shape index (κ2) is 29.6. The summed E-state index contributed by atoms with van der Waals surface area (Å²) in [7, 11) is 3.45. The zero-order chi connectivity index (χ0) is 26.4. The van der Waals surface area contributed by atoms with E-state index in [2.05, 4.69) is 112 Å². The van der Waals surface area contributed by atoms with Gasteiger partial charge in [-0.1, -0.05) is 138 Å². The number of hydrogen-bond donors (Lipinski definition) is 0. The van der Waals surface area contributed by atoms with Crippen molar-refractivity contribution in [2.24, 2.45) is 0 Å². The average molecular weight is 571 g/mol. The van der Waals surface area contributed by atoms with Crippen LogP contribution in [0.2, 0.25) is 97.4 Å². The van der Waals surface area contributed by atoms with Gasteiger partial charge in [0.25, 0.3) is 14.1 Å². The van der Waals surface area contributed by atoms with Gasteiger partial charge in [-0.3, -0.25) is 10.0 Å². The van der Waals surface area contributed by atoms with Crippen molar-refractivity contribution >= 4 is 61.6 Å². The predicted octanol–water partition coefficient (Wildman–Crippen LogP) is 8.91. The molecule has 0 heterocycles. The van der Waals surface area contributed by atoms with Crippen LogP contribution in [0.25, 0.3) is 0 Å². The Morgan fingerprint density at radius 2 is 1.15 bits per heavy atom. The molecule has 7 heteroatoms. The molecule has 0 aliphatic carbocycles. The maximum atomic E-state index is 5.79. The summed E-state index contributed by atoms with van der Waals surface area (Å²) in [4.78, 5) is 0. The molecule has 0 radical (unpaired) electrons. The second-order valence-corrected chi connectivity index (χ2v) is 37.2. The van der Waals surface area contributed by atoms with Gasteiger partial charge in [0, 0.05) is 16.1 Å². The smallest absolute Gasteiger partial charge is 0.358 e. The minimum Gasteiger partial charge on any atom is -0.358 e. The second-order valence-electron chi connectivity index (χ2n) is 12.5. The molecule has 0 aliphatic heterocycles. The predicted molar refractivity (Wildman–Crippen MR) is 180 cm³/mol. The van der Waals surface area contributed by atoms with Crippen LogP contribution >= 0.6 is 10.0 Å². The van der Waals surface area contributed by atoms with Crippen LogP contribution in [0.4, 0.5) is 0 Å². The summed E-state index contributed by atoms with van der Waals surface area (Å²) in [5.41, 5.74) is 2.50. The van der Waals surface area contributed by atoms with Gasteiger partial charge in [0.1, 0.15) is 0 Å². The van der Waals surface area contributed by atoms with Gasteiger partial charge in [-0.2, -0.15) is 0 Å². The molecule has 0 aromatic carbocycles. The van der Waals surface area contributed by atoms with Crippen LogP contribution in [0.5, 0.6) is 0 Å². The molecule has 200 valence electrons. The first-order valence-corrected chi connectivity index (χ1v) is 30.2. The zero-order valence-corrected chi connectivity index (χ0v) is 33.2. The summed E-state index contributed by atoms with van der Waals surface area (Å²) >= 11 is -1.03. The molecular weight excluding hydrogens is 505 g/mol. The van der Waals surface area contributed by atoms with Crippen molar-refractivity contribution in [1.82, 2.24) is 0 Å². The van der Waals surface area contributed by atoms with Crippen molar-refractivity contribution in [2.75, 3.05) is 0 Å². The molecule has 0 aliphatic rings. The fraction of sp³-hybridized carbons (Fsp3) is 0.815. The minimum absolute atomic E-state index is 0. The van der Waals surface area contributed by atoms with Crippen LogP contribution in [0.15, 0.2) is 24.4 Å². The average Bonchev–Trinajstić information content (AvgIpc) is 2.63. The van der Waals surface area contributed by atoms with Crippen LogP contribution in [-0.4, -0.2) is 51.6 Å². The van der Waals surface area contributed by atoms with Crippen molar-refractivity contribution in [2.45, 2.75) is 138 Å². The maximum Gasteiger partial charge on any atom is 1.00 e. The van der Waals surface area contributed by atoms with Crippen LogP contribution in [-0.2, 0) is 0 Å². The van der Waals surface area contributed by atoms with E-state index in [-0.39, 0.29) is 40.4 Å². The first-order chi connectivity index (χ1) is 14.4. The molecule has 0 bridgehead atoms. The fourth-order valence-corrected chi connectivity index (χ4v) is 8.53. The Kier molecular flexibility index (Phi) is 42.8. The van der Waals surface area contributed by atoms with Gasteiger partial charge in [-0.25, -0.2) is 0 Å². The summed E-state index contributed by atoms with van der Waals surface area (Å²) in [6, 6.07) is 2.72. The van der Waals surface area contributed by atoms with E-state index in [1.165, 1.54) is 44.9 Å². The molecule has 0 aromatic heterocycles. The SMILES string of the molecule is C=CC[Si](C)(C)C.CCC[Si](C)(C)C.C[CH2][Al]([CH2]C)[CH2]C=C[Si](C)(C)C.C[CH2][Al]([Cl])[CH2]C.[CH3-].[Li+]. The van der Waals surface area contributed by atoms with E-state index in [0.29, 0.717) is 0 Å². The monoisotopic (exact) mass is 570 g/mol. The van der Waals surface area contributed by atoms with E-state index in [9.17, 15) is 0 Å². The maximum absolute atomic E-state index is 5.79. The molecule has 0 N–H and O–H groups in total. The van der Waals surface area contributed by atoms with Crippen LogP contribution < -0.4 is 18.9 Å². The zero-order valence-electron chi connectivity index (χ0n) is 27.1. The first-order valence-electron chi connectivity index (χ1n) is 13.3. The van der Waals surface area contributed by atoms with E-state index in [0.717, 1.165) is 0 Å². The largest absolute Gasteiger partial charge is 1.00 e. The van der Waals surface area contributed by atoms with Crippen molar-refractivity contribution < 1.29 is 18.9 Å². The number of rotatable bonds is 11. The summed E-state index contributed by atoms with van der Waals surface area (Å²) in [5.74, 6) is 0. The Bertz CT molecular complexity index is 421. The van der Waals surface area contributed by atoms with Crippen molar-refractivity contribution in [3.63, 3.8) is 0 Å². The molecule has 0 atom stereocenters. The van der Waals surface area contributed by atoms with E-state index < -0.39 is 37.4 Å². The quantitative estimate of drug-likeness (QED) is 0.132. The third-order valence-corrected chi connectivity index (χ3v) is 16.5. The summed E-state index contributed by atoms with van der Waals surface area (Å²) in [5, 5.41) is 6.83. The standard InChI is InChI=1S/C6H16Si.C6H14Si.C6H13Si.4C2H5.CH3.2Al.ClH.Li/c3*1-5-6-7(2,3)4;4*1-2;;;;;/h5-6H2,1-4H3;5H,1,6H2,2-4H3;5-6H,1H2,2-4H3;4*1H2,2H3;1H3;;;1H;/q;;;;;;;-1;;+1;;+1/p-1. The molecule has 0 fully saturated rings. The molecule has 0 aromatic rings. The van der Waals surface area contributed by atoms with E-state index in [1.807, 2.05) is 6.08 Å². The van der Waals surface area contributed by atoms with E-state index in [1.54, 1.807) is 0 Å². The third kappa shape index (κ3) is 59.3. The van der Waals surface area contributed by atoms with Crippen molar-refractivity contribution in [3.8, 4) is 0 Å². The van der Waals surface area contributed by atoms with Gasteiger partial charge < -0.3 is 7.43 Å². The van der Waals surface area contributed by atoms with Gasteiger partial charge in [0.15, 0.2) is 0 Å². The van der Waals surface area contributed by atoms with Crippen molar-refractivity contribution in [3.05, 3.63) is 31.9 Å². The van der Waals surface area contributed by atoms with E-state index in [4.69, 9.17) is 10.0 Å². The molecule has 0 nitrogen and oxygen atoms in total. The fourth-order valence-electron chi connectivity index (χ4n) is 2.71. The number of halogens is 1. The van der Waals surface area contributed by atoms with Crippen LogP contribution in [0.3, 0.4) is 0 Å².